The molecule has 0 heterocycles. The van der Waals surface area contributed by atoms with Crippen molar-refractivity contribution in [2.75, 3.05) is 18.0 Å². The Bertz CT molecular complexity index is 1020. The first kappa shape index (κ1) is 22.8. The summed E-state index contributed by atoms with van der Waals surface area (Å²) in [5.74, 6) is 0.471. The van der Waals surface area contributed by atoms with Crippen molar-refractivity contribution in [1.82, 2.24) is 5.43 Å². The van der Waals surface area contributed by atoms with Crippen LogP contribution in [0.3, 0.4) is 0 Å². The van der Waals surface area contributed by atoms with Crippen LogP contribution in [0.2, 0.25) is 0 Å². The number of halogens is 1. The van der Waals surface area contributed by atoms with E-state index in [9.17, 15) is 4.79 Å². The maximum Gasteiger partial charge on any atom is 0.271 e. The van der Waals surface area contributed by atoms with Crippen molar-refractivity contribution in [2.45, 2.75) is 20.5 Å². The molecule has 0 aliphatic heterocycles. The van der Waals surface area contributed by atoms with Crippen molar-refractivity contribution in [3.8, 4) is 5.75 Å². The molecule has 160 valence electrons. The van der Waals surface area contributed by atoms with Crippen molar-refractivity contribution < 1.29 is 9.53 Å². The minimum absolute atomic E-state index is 0.252. The first-order valence-electron chi connectivity index (χ1n) is 10.3. The number of ether oxygens (including phenoxy) is 1. The van der Waals surface area contributed by atoms with Gasteiger partial charge in [0.05, 0.1) is 6.21 Å². The first-order chi connectivity index (χ1) is 15.1. The molecule has 5 nitrogen and oxygen atoms in total. The summed E-state index contributed by atoms with van der Waals surface area (Å²) in [6, 6.07) is 23.3. The number of hydrogen-bond acceptors (Lipinski definition) is 4. The molecule has 0 saturated heterocycles. The molecule has 31 heavy (non-hydrogen) atoms. The summed E-state index contributed by atoms with van der Waals surface area (Å²) in [7, 11) is 0. The van der Waals surface area contributed by atoms with E-state index in [2.05, 4.69) is 76.1 Å². The molecule has 1 N–H and O–H groups in total. The molecule has 0 saturated carbocycles. The second-order valence-corrected chi connectivity index (χ2v) is 8.12. The van der Waals surface area contributed by atoms with Crippen molar-refractivity contribution in [3.63, 3.8) is 0 Å². The number of hydrogen-bond donors (Lipinski definition) is 1. The smallest absolute Gasteiger partial charge is 0.271 e. The van der Waals surface area contributed by atoms with Crippen LogP contribution in [0.25, 0.3) is 0 Å². The third-order valence-electron chi connectivity index (χ3n) is 4.84. The fourth-order valence-electron chi connectivity index (χ4n) is 3.10. The Morgan fingerprint density at radius 3 is 2.42 bits per heavy atom. The molecule has 6 heteroatoms. The highest BCUT2D eigenvalue weighted by molar-refractivity contribution is 14.1. The highest BCUT2D eigenvalue weighted by Gasteiger charge is 2.09. The maximum atomic E-state index is 12.2. The molecule has 0 unspecified atom stereocenters. The third-order valence-corrected chi connectivity index (χ3v) is 5.56. The molecule has 3 aromatic carbocycles. The zero-order valence-corrected chi connectivity index (χ0v) is 19.9. The highest BCUT2D eigenvalue weighted by Crippen LogP contribution is 2.26. The van der Waals surface area contributed by atoms with Gasteiger partial charge in [-0.1, -0.05) is 30.3 Å². The number of benzene rings is 3. The van der Waals surface area contributed by atoms with Crippen LogP contribution in [0.4, 0.5) is 5.69 Å². The van der Waals surface area contributed by atoms with Crippen molar-refractivity contribution in [2.24, 2.45) is 5.10 Å². The lowest BCUT2D eigenvalue weighted by atomic mass is 10.1. The minimum Gasteiger partial charge on any atom is -0.488 e. The van der Waals surface area contributed by atoms with Gasteiger partial charge in [-0.25, -0.2) is 5.43 Å². The lowest BCUT2D eigenvalue weighted by Crippen LogP contribution is -2.21. The number of carbonyl (C=O) groups is 1. The second kappa shape index (κ2) is 11.5. The van der Waals surface area contributed by atoms with Gasteiger partial charge in [0.25, 0.3) is 5.91 Å². The molecule has 0 fully saturated rings. The third kappa shape index (κ3) is 6.55. The van der Waals surface area contributed by atoms with Crippen molar-refractivity contribution >= 4 is 40.4 Å². The van der Waals surface area contributed by atoms with Crippen LogP contribution < -0.4 is 15.1 Å². The fourth-order valence-corrected chi connectivity index (χ4v) is 3.46. The molecule has 3 rings (SSSR count). The van der Waals surface area contributed by atoms with Crippen LogP contribution in [0.15, 0.2) is 77.9 Å². The normalized spacial score (nSPS) is 10.8. The number of hydrazone groups is 1. The van der Waals surface area contributed by atoms with Gasteiger partial charge in [0, 0.05) is 39.5 Å². The fraction of sp³-hybridized carbons (Fsp3) is 0.200. The van der Waals surface area contributed by atoms with Gasteiger partial charge in [0.1, 0.15) is 12.4 Å². The van der Waals surface area contributed by atoms with E-state index >= 15 is 0 Å². The van der Waals surface area contributed by atoms with Crippen molar-refractivity contribution in [3.05, 3.63) is 93.1 Å². The van der Waals surface area contributed by atoms with E-state index in [1.54, 1.807) is 18.3 Å². The molecule has 3 aromatic rings. The Kier molecular flexibility index (Phi) is 8.46. The molecule has 0 bridgehead atoms. The van der Waals surface area contributed by atoms with Crippen LogP contribution in [0.1, 0.15) is 35.3 Å². The van der Waals surface area contributed by atoms with E-state index in [-0.39, 0.29) is 5.91 Å². The lowest BCUT2D eigenvalue weighted by Gasteiger charge is -2.22. The molecule has 0 aliphatic carbocycles. The summed E-state index contributed by atoms with van der Waals surface area (Å²) in [5.41, 5.74) is 6.12. The molecular weight excluding hydrogens is 501 g/mol. The van der Waals surface area contributed by atoms with Gasteiger partial charge in [-0.05, 0) is 78.4 Å². The second-order valence-electron chi connectivity index (χ2n) is 6.87. The average molecular weight is 527 g/mol. The van der Waals surface area contributed by atoms with Gasteiger partial charge in [-0.2, -0.15) is 5.10 Å². The predicted octanol–water partition coefficient (Wildman–Crippen LogP) is 5.48. The Balaban J connectivity index is 1.78. The van der Waals surface area contributed by atoms with Crippen LogP contribution in [-0.4, -0.2) is 25.2 Å². The lowest BCUT2D eigenvalue weighted by molar-refractivity contribution is 0.0955. The number of nitrogens with one attached hydrogen (secondary N) is 1. The maximum absolute atomic E-state index is 12.2. The predicted molar refractivity (Wildman–Crippen MR) is 135 cm³/mol. The zero-order chi connectivity index (χ0) is 22.1. The van der Waals surface area contributed by atoms with Gasteiger partial charge in [0.2, 0.25) is 0 Å². The summed E-state index contributed by atoms with van der Waals surface area (Å²) >= 11 is 2.29. The monoisotopic (exact) mass is 527 g/mol. The Morgan fingerprint density at radius 1 is 1.03 bits per heavy atom. The topological polar surface area (TPSA) is 53.9 Å². The SMILES string of the molecule is CCN(CC)c1ccc(/C=N\NC(=O)c2ccccc2)c(OCc2ccc(I)cc2)c1. The first-order valence-corrected chi connectivity index (χ1v) is 11.3. The van der Waals surface area contributed by atoms with Crippen LogP contribution in [0.5, 0.6) is 5.75 Å². The van der Waals surface area contributed by atoms with Crippen LogP contribution >= 0.6 is 22.6 Å². The van der Waals surface area contributed by atoms with E-state index in [0.29, 0.717) is 12.2 Å². The van der Waals surface area contributed by atoms with Gasteiger partial charge in [0.15, 0.2) is 0 Å². The molecule has 1 amide bonds. The van der Waals surface area contributed by atoms with Gasteiger partial charge in [-0.3, -0.25) is 4.79 Å². The van der Waals surface area contributed by atoms with Gasteiger partial charge < -0.3 is 9.64 Å². The standard InChI is InChI=1S/C25H26IN3O2/c1-3-29(4-2)23-15-12-21(17-27-28-25(30)20-8-6-5-7-9-20)24(16-23)31-18-19-10-13-22(26)14-11-19/h5-17H,3-4,18H2,1-2H3,(H,28,30)/b27-17-. The minimum atomic E-state index is -0.252. The van der Waals surface area contributed by atoms with Crippen LogP contribution in [-0.2, 0) is 6.61 Å². The quantitative estimate of drug-likeness (QED) is 0.228. The summed E-state index contributed by atoms with van der Waals surface area (Å²) in [6.45, 7) is 6.53. The zero-order valence-electron chi connectivity index (χ0n) is 17.7. The van der Waals surface area contributed by atoms with E-state index in [4.69, 9.17) is 4.74 Å². The largest absolute Gasteiger partial charge is 0.488 e. The van der Waals surface area contributed by atoms with E-state index in [1.807, 2.05) is 36.4 Å². The number of amides is 1. The summed E-state index contributed by atoms with van der Waals surface area (Å²) < 4.78 is 7.34. The van der Waals surface area contributed by atoms with Gasteiger partial charge in [-0.15, -0.1) is 0 Å². The summed E-state index contributed by atoms with van der Waals surface area (Å²) in [6.07, 6.45) is 1.62. The molecule has 0 spiro atoms. The number of rotatable bonds is 9. The molecule has 0 aliphatic rings. The van der Waals surface area contributed by atoms with E-state index < -0.39 is 0 Å². The highest BCUT2D eigenvalue weighted by atomic mass is 127. The Morgan fingerprint density at radius 2 is 1.74 bits per heavy atom. The summed E-state index contributed by atoms with van der Waals surface area (Å²) in [5, 5.41) is 4.14. The van der Waals surface area contributed by atoms with Gasteiger partial charge >= 0.3 is 0 Å². The average Bonchev–Trinajstić information content (AvgIpc) is 2.81. The molecule has 0 atom stereocenters. The Labute approximate surface area is 197 Å². The van der Waals surface area contributed by atoms with Crippen LogP contribution in [0, 0.1) is 3.57 Å². The molecule has 0 radical (unpaired) electrons. The Hall–Kier alpha value is -2.87. The van der Waals surface area contributed by atoms with Crippen molar-refractivity contribution in [1.29, 1.82) is 0 Å². The summed E-state index contributed by atoms with van der Waals surface area (Å²) in [4.78, 5) is 14.5. The van der Waals surface area contributed by atoms with E-state index in [1.165, 1.54) is 3.57 Å². The number of anilines is 1. The number of carbonyl (C=O) groups excluding carboxylic acids is 1. The molecule has 0 aromatic heterocycles. The van der Waals surface area contributed by atoms with E-state index in [0.717, 1.165) is 35.7 Å². The number of nitrogens with zero attached hydrogens (tertiary/aromatic N) is 2. The molecular formula is C25H26IN3O2.